The standard InChI is InChI=1S/C5H6BrClO2/c6-2-3-1-4(7)5(8)9-3/h3-4H,1-2H2. The lowest BCUT2D eigenvalue weighted by Crippen LogP contribution is -2.07. The molecule has 0 saturated carbocycles. The highest BCUT2D eigenvalue weighted by Crippen LogP contribution is 2.20. The van der Waals surface area contributed by atoms with Crippen molar-refractivity contribution in [1.29, 1.82) is 0 Å². The lowest BCUT2D eigenvalue weighted by Gasteiger charge is -2.00. The average Bonchev–Trinajstić information content (AvgIpc) is 2.13. The summed E-state index contributed by atoms with van der Waals surface area (Å²) < 4.78 is 4.80. The number of esters is 1. The number of carbonyl (C=O) groups is 1. The van der Waals surface area contributed by atoms with Crippen LogP contribution in [0.3, 0.4) is 0 Å². The van der Waals surface area contributed by atoms with Gasteiger partial charge in [0.2, 0.25) is 0 Å². The van der Waals surface area contributed by atoms with Gasteiger partial charge in [-0.3, -0.25) is 4.79 Å². The fourth-order valence-electron chi connectivity index (χ4n) is 0.708. The summed E-state index contributed by atoms with van der Waals surface area (Å²) in [6.45, 7) is 0. The Balaban J connectivity index is 2.44. The van der Waals surface area contributed by atoms with E-state index in [4.69, 9.17) is 16.3 Å². The van der Waals surface area contributed by atoms with Gasteiger partial charge in [0.1, 0.15) is 11.5 Å². The highest BCUT2D eigenvalue weighted by atomic mass is 79.9. The van der Waals surface area contributed by atoms with E-state index in [2.05, 4.69) is 15.9 Å². The molecule has 0 spiro atoms. The van der Waals surface area contributed by atoms with E-state index in [0.29, 0.717) is 11.8 Å². The van der Waals surface area contributed by atoms with Gasteiger partial charge in [0.05, 0.1) is 0 Å². The lowest BCUT2D eigenvalue weighted by molar-refractivity contribution is -0.140. The molecule has 2 unspecified atom stereocenters. The lowest BCUT2D eigenvalue weighted by atomic mass is 10.3. The molecule has 4 heteroatoms. The second-order valence-corrected chi connectivity index (χ2v) is 3.09. The molecule has 0 bridgehead atoms. The number of hydrogen-bond donors (Lipinski definition) is 0. The minimum Gasteiger partial charge on any atom is -0.460 e. The SMILES string of the molecule is O=C1OC(CBr)CC1Cl. The summed E-state index contributed by atoms with van der Waals surface area (Å²) in [7, 11) is 0. The van der Waals surface area contributed by atoms with E-state index < -0.39 is 5.38 Å². The Kier molecular flexibility index (Phi) is 2.35. The van der Waals surface area contributed by atoms with Gasteiger partial charge >= 0.3 is 5.97 Å². The molecule has 0 N–H and O–H groups in total. The van der Waals surface area contributed by atoms with Crippen LogP contribution in [0, 0.1) is 0 Å². The van der Waals surface area contributed by atoms with Crippen LogP contribution >= 0.6 is 27.5 Å². The van der Waals surface area contributed by atoms with Gasteiger partial charge in [0, 0.05) is 11.8 Å². The summed E-state index contributed by atoms with van der Waals surface area (Å²) in [5.41, 5.74) is 0. The van der Waals surface area contributed by atoms with Crippen LogP contribution in [0.5, 0.6) is 0 Å². The molecule has 9 heavy (non-hydrogen) atoms. The van der Waals surface area contributed by atoms with E-state index in [9.17, 15) is 4.79 Å². The number of halogens is 2. The van der Waals surface area contributed by atoms with Gasteiger partial charge in [-0.1, -0.05) is 15.9 Å². The van der Waals surface area contributed by atoms with Crippen LogP contribution in [-0.2, 0) is 9.53 Å². The van der Waals surface area contributed by atoms with Crippen LogP contribution in [0.1, 0.15) is 6.42 Å². The van der Waals surface area contributed by atoms with E-state index in [1.54, 1.807) is 0 Å². The summed E-state index contributed by atoms with van der Waals surface area (Å²) in [4.78, 5) is 10.6. The molecule has 52 valence electrons. The normalized spacial score (nSPS) is 34.7. The van der Waals surface area contributed by atoms with Crippen molar-refractivity contribution in [2.75, 3.05) is 5.33 Å². The third-order valence-electron chi connectivity index (χ3n) is 1.18. The molecule has 0 amide bonds. The maximum atomic E-state index is 10.6. The quantitative estimate of drug-likeness (QED) is 0.485. The Morgan fingerprint density at radius 1 is 1.89 bits per heavy atom. The van der Waals surface area contributed by atoms with Gasteiger partial charge in [-0.25, -0.2) is 0 Å². The highest BCUT2D eigenvalue weighted by molar-refractivity contribution is 9.09. The first kappa shape index (κ1) is 7.35. The number of rotatable bonds is 1. The fourth-order valence-corrected chi connectivity index (χ4v) is 1.35. The topological polar surface area (TPSA) is 26.3 Å². The molecule has 1 aliphatic heterocycles. The van der Waals surface area contributed by atoms with Crippen LogP contribution in [0.25, 0.3) is 0 Å². The van der Waals surface area contributed by atoms with E-state index >= 15 is 0 Å². The van der Waals surface area contributed by atoms with Crippen molar-refractivity contribution in [1.82, 2.24) is 0 Å². The van der Waals surface area contributed by atoms with E-state index in [1.165, 1.54) is 0 Å². The summed E-state index contributed by atoms with van der Waals surface area (Å²) in [5.74, 6) is -0.291. The van der Waals surface area contributed by atoms with Crippen LogP contribution in [0.2, 0.25) is 0 Å². The van der Waals surface area contributed by atoms with Crippen molar-refractivity contribution in [3.05, 3.63) is 0 Å². The van der Waals surface area contributed by atoms with Crippen molar-refractivity contribution >= 4 is 33.5 Å². The zero-order valence-corrected chi connectivity index (χ0v) is 6.98. The first-order chi connectivity index (χ1) is 4.24. The van der Waals surface area contributed by atoms with Crippen molar-refractivity contribution in [3.8, 4) is 0 Å². The molecule has 1 heterocycles. The summed E-state index contributed by atoms with van der Waals surface area (Å²) >= 11 is 8.74. The Bertz CT molecular complexity index is 128. The minimum absolute atomic E-state index is 0.0139. The van der Waals surface area contributed by atoms with Crippen LogP contribution in [0.4, 0.5) is 0 Å². The predicted molar refractivity (Wildman–Crippen MR) is 37.9 cm³/mol. The summed E-state index contributed by atoms with van der Waals surface area (Å²) in [6, 6.07) is 0. The maximum absolute atomic E-state index is 10.6. The second kappa shape index (κ2) is 2.88. The first-order valence-electron chi connectivity index (χ1n) is 2.64. The van der Waals surface area contributed by atoms with E-state index in [-0.39, 0.29) is 12.1 Å². The molecule has 0 aromatic carbocycles. The maximum Gasteiger partial charge on any atom is 0.324 e. The Labute approximate surface area is 66.6 Å². The van der Waals surface area contributed by atoms with E-state index in [0.717, 1.165) is 0 Å². The smallest absolute Gasteiger partial charge is 0.324 e. The molecule has 0 aromatic heterocycles. The van der Waals surface area contributed by atoms with Crippen molar-refractivity contribution in [2.24, 2.45) is 0 Å². The molecule has 2 nitrogen and oxygen atoms in total. The number of hydrogen-bond acceptors (Lipinski definition) is 2. The Morgan fingerprint density at radius 3 is 2.78 bits per heavy atom. The van der Waals surface area contributed by atoms with Gasteiger partial charge in [-0.2, -0.15) is 0 Å². The van der Waals surface area contributed by atoms with Crippen LogP contribution in [-0.4, -0.2) is 22.8 Å². The van der Waals surface area contributed by atoms with Crippen molar-refractivity contribution < 1.29 is 9.53 Å². The van der Waals surface area contributed by atoms with Crippen molar-refractivity contribution in [2.45, 2.75) is 17.9 Å². The summed E-state index contributed by atoms with van der Waals surface area (Å²) in [5, 5.41) is 0.259. The van der Waals surface area contributed by atoms with E-state index in [1.807, 2.05) is 0 Å². The zero-order valence-electron chi connectivity index (χ0n) is 4.64. The molecule has 1 aliphatic rings. The van der Waals surface area contributed by atoms with Crippen LogP contribution in [0.15, 0.2) is 0 Å². The molecule has 1 fully saturated rings. The third-order valence-corrected chi connectivity index (χ3v) is 2.26. The molecule has 2 atom stereocenters. The van der Waals surface area contributed by atoms with Gasteiger partial charge in [-0.15, -0.1) is 11.6 Å². The van der Waals surface area contributed by atoms with Gasteiger partial charge in [0.15, 0.2) is 0 Å². The van der Waals surface area contributed by atoms with Crippen LogP contribution < -0.4 is 0 Å². The highest BCUT2D eigenvalue weighted by Gasteiger charge is 2.31. The van der Waals surface area contributed by atoms with Gasteiger partial charge < -0.3 is 4.74 Å². The second-order valence-electron chi connectivity index (χ2n) is 1.92. The Morgan fingerprint density at radius 2 is 2.56 bits per heavy atom. The number of cyclic esters (lactones) is 1. The zero-order chi connectivity index (χ0) is 6.85. The summed E-state index contributed by atoms with van der Waals surface area (Å²) in [6.07, 6.45) is 0.617. The molecular weight excluding hydrogens is 207 g/mol. The predicted octanol–water partition coefficient (Wildman–Crippen LogP) is 1.30. The van der Waals surface area contributed by atoms with Gasteiger partial charge in [0.25, 0.3) is 0 Å². The molecule has 0 aliphatic carbocycles. The molecule has 1 saturated heterocycles. The molecular formula is C5H6BrClO2. The monoisotopic (exact) mass is 212 g/mol. The Hall–Kier alpha value is 0.240. The third kappa shape index (κ3) is 1.58. The minimum atomic E-state index is -0.424. The molecule has 1 rings (SSSR count). The van der Waals surface area contributed by atoms with Gasteiger partial charge in [-0.05, 0) is 0 Å². The van der Waals surface area contributed by atoms with Crippen molar-refractivity contribution in [3.63, 3.8) is 0 Å². The number of ether oxygens (including phenoxy) is 1. The first-order valence-corrected chi connectivity index (χ1v) is 4.20. The fraction of sp³-hybridized carbons (Fsp3) is 0.800. The number of carbonyl (C=O) groups excluding carboxylic acids is 1. The largest absolute Gasteiger partial charge is 0.460 e. The molecule has 0 aromatic rings. The molecule has 0 radical (unpaired) electrons. The number of alkyl halides is 2. The average molecular weight is 213 g/mol.